The van der Waals surface area contributed by atoms with Gasteiger partial charge in [0, 0.05) is 6.42 Å². The van der Waals surface area contributed by atoms with E-state index in [0.29, 0.717) is 18.3 Å². The Morgan fingerprint density at radius 1 is 1.20 bits per heavy atom. The highest BCUT2D eigenvalue weighted by Crippen LogP contribution is 2.60. The molecule has 0 aromatic carbocycles. The van der Waals surface area contributed by atoms with Gasteiger partial charge in [-0.05, 0) is 93.5 Å². The molecule has 170 valence electrons. The minimum atomic E-state index is -0.833. The Morgan fingerprint density at radius 2 is 1.93 bits per heavy atom. The van der Waals surface area contributed by atoms with Crippen LogP contribution in [0.2, 0.25) is 0 Å². The number of allylic oxidation sites excluding steroid dienone is 4. The highest BCUT2D eigenvalue weighted by atomic mass is 16.3. The predicted octanol–water partition coefficient (Wildman–Crippen LogP) is 5.70. The zero-order valence-electron chi connectivity index (χ0n) is 19.7. The summed E-state index contributed by atoms with van der Waals surface area (Å²) in [6.07, 6.45) is 13.1. The number of fused-ring (bicyclic) bond motifs is 1. The van der Waals surface area contributed by atoms with Crippen LogP contribution in [0.3, 0.4) is 0 Å². The molecule has 6 atom stereocenters. The van der Waals surface area contributed by atoms with Crippen LogP contribution in [0.5, 0.6) is 0 Å². The van der Waals surface area contributed by atoms with Gasteiger partial charge in [-0.15, -0.1) is 0 Å². The van der Waals surface area contributed by atoms with Crippen molar-refractivity contribution >= 4 is 0 Å². The minimum Gasteiger partial charge on any atom is -0.393 e. The lowest BCUT2D eigenvalue weighted by Crippen LogP contribution is -2.47. The second-order valence-corrected chi connectivity index (χ2v) is 11.3. The summed E-state index contributed by atoms with van der Waals surface area (Å²) in [6.45, 7) is 12.8. The van der Waals surface area contributed by atoms with Crippen molar-refractivity contribution in [2.24, 2.45) is 23.2 Å². The van der Waals surface area contributed by atoms with Crippen molar-refractivity contribution in [1.82, 2.24) is 0 Å². The molecule has 0 amide bonds. The summed E-state index contributed by atoms with van der Waals surface area (Å²) >= 11 is 0. The molecule has 3 aliphatic carbocycles. The van der Waals surface area contributed by atoms with E-state index in [1.165, 1.54) is 16.7 Å². The van der Waals surface area contributed by atoms with Crippen LogP contribution >= 0.6 is 0 Å². The summed E-state index contributed by atoms with van der Waals surface area (Å²) in [7, 11) is 0. The molecule has 0 aromatic heterocycles. The molecule has 0 heterocycles. The van der Waals surface area contributed by atoms with Crippen molar-refractivity contribution in [2.45, 2.75) is 110 Å². The lowest BCUT2D eigenvalue weighted by molar-refractivity contribution is -0.0867. The number of aliphatic hydroxyl groups is 3. The first kappa shape index (κ1) is 23.8. The summed E-state index contributed by atoms with van der Waals surface area (Å²) in [5.74, 6) is 1.16. The third kappa shape index (κ3) is 5.11. The molecular weight excluding hydrogens is 372 g/mol. The average molecular weight is 417 g/mol. The molecule has 3 fully saturated rings. The summed E-state index contributed by atoms with van der Waals surface area (Å²) in [5, 5.41) is 32.0. The first-order chi connectivity index (χ1) is 14.0. The van der Waals surface area contributed by atoms with Gasteiger partial charge < -0.3 is 15.3 Å². The molecule has 0 unspecified atom stereocenters. The maximum Gasteiger partial charge on any atom is 0.0677 e. The smallest absolute Gasteiger partial charge is 0.0677 e. The summed E-state index contributed by atoms with van der Waals surface area (Å²) < 4.78 is 0. The van der Waals surface area contributed by atoms with Crippen LogP contribution in [0.4, 0.5) is 0 Å². The van der Waals surface area contributed by atoms with Crippen LogP contribution in [0.15, 0.2) is 35.5 Å². The Bertz CT molecular complexity index is 686. The second kappa shape index (κ2) is 9.30. The van der Waals surface area contributed by atoms with Crippen LogP contribution in [0.25, 0.3) is 0 Å². The van der Waals surface area contributed by atoms with Crippen LogP contribution in [0.1, 0.15) is 91.9 Å². The highest BCUT2D eigenvalue weighted by Gasteiger charge is 2.55. The van der Waals surface area contributed by atoms with Gasteiger partial charge in [0.2, 0.25) is 0 Å². The van der Waals surface area contributed by atoms with Gasteiger partial charge in [0.15, 0.2) is 0 Å². The molecule has 3 saturated carbocycles. The van der Waals surface area contributed by atoms with Crippen LogP contribution in [-0.4, -0.2) is 33.1 Å². The van der Waals surface area contributed by atoms with Gasteiger partial charge in [-0.1, -0.05) is 50.6 Å². The molecule has 0 bridgehead atoms. The lowest BCUT2D eigenvalue weighted by atomic mass is 9.59. The number of hydrogen-bond donors (Lipinski definition) is 3. The molecule has 30 heavy (non-hydrogen) atoms. The topological polar surface area (TPSA) is 60.7 Å². The molecule has 0 aromatic rings. The molecular formula is C27H44O3. The third-order valence-electron chi connectivity index (χ3n) is 8.30. The van der Waals surface area contributed by atoms with Crippen LogP contribution < -0.4 is 0 Å². The van der Waals surface area contributed by atoms with Crippen LogP contribution in [-0.2, 0) is 0 Å². The number of aliphatic hydroxyl groups excluding tert-OH is 2. The summed E-state index contributed by atoms with van der Waals surface area (Å²) in [5.41, 5.74) is 3.13. The van der Waals surface area contributed by atoms with Crippen molar-refractivity contribution < 1.29 is 15.3 Å². The zero-order chi connectivity index (χ0) is 22.1. The first-order valence-corrected chi connectivity index (χ1v) is 12.2. The van der Waals surface area contributed by atoms with E-state index in [1.807, 2.05) is 6.92 Å². The van der Waals surface area contributed by atoms with Crippen LogP contribution in [0, 0.1) is 23.2 Å². The van der Waals surface area contributed by atoms with E-state index in [4.69, 9.17) is 0 Å². The SMILES string of the molecule is C=C1CC[C@H](O)C/C1=C/C=C1\CCC[C@@]2(C)[C@H]1CC[C@@H]2[C@@](C)(O)C[C@@H](O)CC(C)C. The van der Waals surface area contributed by atoms with E-state index in [2.05, 4.69) is 39.5 Å². The third-order valence-corrected chi connectivity index (χ3v) is 8.30. The van der Waals surface area contributed by atoms with Gasteiger partial charge in [0.1, 0.15) is 0 Å². The fourth-order valence-electron chi connectivity index (χ4n) is 6.90. The molecule has 3 heteroatoms. The van der Waals surface area contributed by atoms with Gasteiger partial charge in [-0.3, -0.25) is 0 Å². The fourth-order valence-corrected chi connectivity index (χ4v) is 6.90. The maximum atomic E-state index is 11.5. The first-order valence-electron chi connectivity index (χ1n) is 12.2. The second-order valence-electron chi connectivity index (χ2n) is 11.3. The standard InChI is InChI=1S/C27H44O3/c1-18(2)15-23(29)17-27(5,30)25-13-12-24-20(7-6-14-26(24,25)4)9-10-21-16-22(28)11-8-19(21)3/h9-10,18,22-25,28-30H,3,6-8,11-17H2,1-2,4-5H3/b20-9+,21-10-/t22-,23-,24-,25-,26-,27-/m0/s1. The van der Waals surface area contributed by atoms with Crippen molar-refractivity contribution in [3.8, 4) is 0 Å². The van der Waals surface area contributed by atoms with Crippen molar-refractivity contribution in [1.29, 1.82) is 0 Å². The molecule has 3 rings (SSSR count). The van der Waals surface area contributed by atoms with Gasteiger partial charge in [-0.25, -0.2) is 0 Å². The Labute approximate surface area is 184 Å². The molecule has 3 nitrogen and oxygen atoms in total. The highest BCUT2D eigenvalue weighted by molar-refractivity contribution is 5.36. The van der Waals surface area contributed by atoms with Crippen molar-refractivity contribution in [2.75, 3.05) is 0 Å². The zero-order valence-corrected chi connectivity index (χ0v) is 19.7. The fraction of sp³-hybridized carbons (Fsp3) is 0.778. The van der Waals surface area contributed by atoms with E-state index in [-0.39, 0.29) is 17.4 Å². The van der Waals surface area contributed by atoms with Gasteiger partial charge in [0.25, 0.3) is 0 Å². The van der Waals surface area contributed by atoms with E-state index in [0.717, 1.165) is 57.8 Å². The van der Waals surface area contributed by atoms with Crippen molar-refractivity contribution in [3.63, 3.8) is 0 Å². The Kier molecular flexibility index (Phi) is 7.37. The minimum absolute atomic E-state index is 0.0900. The summed E-state index contributed by atoms with van der Waals surface area (Å²) in [6, 6.07) is 0. The molecule has 0 radical (unpaired) electrons. The number of hydrogen-bond acceptors (Lipinski definition) is 3. The maximum absolute atomic E-state index is 11.5. The monoisotopic (exact) mass is 416 g/mol. The molecule has 3 aliphatic rings. The van der Waals surface area contributed by atoms with E-state index >= 15 is 0 Å². The van der Waals surface area contributed by atoms with E-state index in [1.54, 1.807) is 0 Å². The van der Waals surface area contributed by atoms with Crippen molar-refractivity contribution in [3.05, 3.63) is 35.5 Å². The largest absolute Gasteiger partial charge is 0.393 e. The normalized spacial score (nSPS) is 38.1. The van der Waals surface area contributed by atoms with Gasteiger partial charge in [0.05, 0.1) is 17.8 Å². The molecule has 0 saturated heterocycles. The summed E-state index contributed by atoms with van der Waals surface area (Å²) in [4.78, 5) is 0. The predicted molar refractivity (Wildman–Crippen MR) is 124 cm³/mol. The quantitative estimate of drug-likeness (QED) is 0.520. The lowest BCUT2D eigenvalue weighted by Gasteiger charge is -2.47. The Morgan fingerprint density at radius 3 is 2.63 bits per heavy atom. The Hall–Kier alpha value is -0.900. The molecule has 3 N–H and O–H groups in total. The number of rotatable bonds is 6. The Balaban J connectivity index is 1.77. The molecule has 0 spiro atoms. The van der Waals surface area contributed by atoms with Gasteiger partial charge in [-0.2, -0.15) is 0 Å². The van der Waals surface area contributed by atoms with Gasteiger partial charge >= 0.3 is 0 Å². The van der Waals surface area contributed by atoms with E-state index < -0.39 is 11.7 Å². The molecule has 0 aliphatic heterocycles. The van der Waals surface area contributed by atoms with E-state index in [9.17, 15) is 15.3 Å². The average Bonchev–Trinajstić information content (AvgIpc) is 2.99.